The van der Waals surface area contributed by atoms with Crippen molar-refractivity contribution in [3.8, 4) is 5.75 Å². The van der Waals surface area contributed by atoms with Gasteiger partial charge >= 0.3 is 0 Å². The van der Waals surface area contributed by atoms with E-state index in [1.807, 2.05) is 13.0 Å². The molecule has 1 amide bonds. The summed E-state index contributed by atoms with van der Waals surface area (Å²) in [7, 11) is 1.56. The highest BCUT2D eigenvalue weighted by atomic mass is 79.9. The van der Waals surface area contributed by atoms with Crippen molar-refractivity contribution in [1.82, 2.24) is 5.32 Å². The van der Waals surface area contributed by atoms with E-state index in [1.165, 1.54) is 0 Å². The van der Waals surface area contributed by atoms with Gasteiger partial charge in [-0.05, 0) is 12.1 Å². The summed E-state index contributed by atoms with van der Waals surface area (Å²) in [5.74, 6) is 0.230. The van der Waals surface area contributed by atoms with Crippen molar-refractivity contribution in [2.75, 3.05) is 13.7 Å². The Hall–Kier alpha value is -1.10. The SMILES string of the molecule is CNC(=O)c1cc(Br)cc2c1O[C@H](CF)[C@H]2C. The van der Waals surface area contributed by atoms with Crippen molar-refractivity contribution in [2.45, 2.75) is 18.9 Å². The molecule has 3 nitrogen and oxygen atoms in total. The molecule has 2 rings (SSSR count). The van der Waals surface area contributed by atoms with Gasteiger partial charge in [0.15, 0.2) is 0 Å². The van der Waals surface area contributed by atoms with E-state index in [4.69, 9.17) is 4.74 Å². The Kier molecular flexibility index (Phi) is 3.38. The van der Waals surface area contributed by atoms with Gasteiger partial charge in [0.2, 0.25) is 0 Å². The second-order valence-corrected chi connectivity index (χ2v) is 4.97. The summed E-state index contributed by atoms with van der Waals surface area (Å²) in [5.41, 5.74) is 1.32. The average Bonchev–Trinajstić information content (AvgIpc) is 2.64. The summed E-state index contributed by atoms with van der Waals surface area (Å²) in [6.07, 6.45) is -0.497. The van der Waals surface area contributed by atoms with Crippen LogP contribution in [0, 0.1) is 0 Å². The minimum atomic E-state index is -0.555. The minimum absolute atomic E-state index is 0.0455. The van der Waals surface area contributed by atoms with E-state index in [0.29, 0.717) is 11.3 Å². The Morgan fingerprint density at radius 1 is 1.59 bits per heavy atom. The van der Waals surface area contributed by atoms with Crippen molar-refractivity contribution in [2.24, 2.45) is 0 Å². The number of hydrogen-bond donors (Lipinski definition) is 1. The standard InChI is InChI=1S/C12H13BrFNO2/c1-6-8-3-7(13)4-9(12(16)15-2)11(8)17-10(6)5-14/h3-4,6,10H,5H2,1-2H3,(H,15,16)/t6-,10+/m0/s1. The summed E-state index contributed by atoms with van der Waals surface area (Å²) < 4.78 is 19.1. The molecular weight excluding hydrogens is 289 g/mol. The summed E-state index contributed by atoms with van der Waals surface area (Å²) in [6, 6.07) is 3.56. The fourth-order valence-electron chi connectivity index (χ4n) is 2.01. The maximum atomic E-state index is 12.8. The smallest absolute Gasteiger partial charge is 0.254 e. The lowest BCUT2D eigenvalue weighted by atomic mass is 9.96. The molecule has 2 atom stereocenters. The number of alkyl halides is 1. The van der Waals surface area contributed by atoms with Crippen LogP contribution in [-0.4, -0.2) is 25.7 Å². The molecule has 1 aliphatic rings. The van der Waals surface area contributed by atoms with Crippen LogP contribution < -0.4 is 10.1 Å². The van der Waals surface area contributed by atoms with Crippen LogP contribution in [0.5, 0.6) is 5.75 Å². The molecule has 0 saturated carbocycles. The number of ether oxygens (including phenoxy) is 1. The van der Waals surface area contributed by atoms with Gasteiger partial charge in [0.05, 0.1) is 5.56 Å². The van der Waals surface area contributed by atoms with Crippen molar-refractivity contribution in [3.63, 3.8) is 0 Å². The first-order valence-electron chi connectivity index (χ1n) is 5.36. The van der Waals surface area contributed by atoms with E-state index in [0.717, 1.165) is 10.0 Å². The third-order valence-corrected chi connectivity index (χ3v) is 3.48. The fourth-order valence-corrected chi connectivity index (χ4v) is 2.48. The highest BCUT2D eigenvalue weighted by molar-refractivity contribution is 9.10. The van der Waals surface area contributed by atoms with Gasteiger partial charge in [0, 0.05) is 23.0 Å². The monoisotopic (exact) mass is 301 g/mol. The fraction of sp³-hybridized carbons (Fsp3) is 0.417. The van der Waals surface area contributed by atoms with Gasteiger partial charge in [-0.25, -0.2) is 4.39 Å². The molecule has 1 aromatic carbocycles. The lowest BCUT2D eigenvalue weighted by Gasteiger charge is -2.10. The Labute approximate surface area is 107 Å². The van der Waals surface area contributed by atoms with Gasteiger partial charge in [-0.15, -0.1) is 0 Å². The molecule has 92 valence electrons. The molecule has 1 N–H and O–H groups in total. The lowest BCUT2D eigenvalue weighted by Crippen LogP contribution is -2.20. The van der Waals surface area contributed by atoms with Crippen LogP contribution in [-0.2, 0) is 0 Å². The van der Waals surface area contributed by atoms with Crippen molar-refractivity contribution in [1.29, 1.82) is 0 Å². The van der Waals surface area contributed by atoms with Crippen LogP contribution in [0.3, 0.4) is 0 Å². The van der Waals surface area contributed by atoms with Crippen molar-refractivity contribution < 1.29 is 13.9 Å². The number of fused-ring (bicyclic) bond motifs is 1. The second-order valence-electron chi connectivity index (χ2n) is 4.05. The van der Waals surface area contributed by atoms with Gasteiger partial charge in [-0.1, -0.05) is 22.9 Å². The first-order valence-corrected chi connectivity index (χ1v) is 6.16. The highest BCUT2D eigenvalue weighted by Crippen LogP contribution is 2.42. The number of hydrogen-bond acceptors (Lipinski definition) is 2. The Bertz CT molecular complexity index is 464. The third-order valence-electron chi connectivity index (χ3n) is 3.02. The van der Waals surface area contributed by atoms with Crippen LogP contribution in [0.4, 0.5) is 4.39 Å². The minimum Gasteiger partial charge on any atom is -0.486 e. The maximum Gasteiger partial charge on any atom is 0.254 e. The van der Waals surface area contributed by atoms with E-state index >= 15 is 0 Å². The average molecular weight is 302 g/mol. The van der Waals surface area contributed by atoms with E-state index in [2.05, 4.69) is 21.2 Å². The summed E-state index contributed by atoms with van der Waals surface area (Å²) >= 11 is 3.35. The number of halogens is 2. The predicted octanol–water partition coefficient (Wildman–Crippen LogP) is 2.64. The summed E-state index contributed by atoms with van der Waals surface area (Å²) in [6.45, 7) is 1.34. The molecule has 0 bridgehead atoms. The first kappa shape index (κ1) is 12.4. The van der Waals surface area contributed by atoms with Gasteiger partial charge in [0.25, 0.3) is 5.91 Å². The number of amides is 1. The summed E-state index contributed by atoms with van der Waals surface area (Å²) in [4.78, 5) is 11.7. The normalized spacial score (nSPS) is 21.9. The molecule has 0 aromatic heterocycles. The van der Waals surface area contributed by atoms with Crippen LogP contribution in [0.1, 0.15) is 28.8 Å². The van der Waals surface area contributed by atoms with Crippen LogP contribution >= 0.6 is 15.9 Å². The largest absolute Gasteiger partial charge is 0.486 e. The van der Waals surface area contributed by atoms with E-state index < -0.39 is 12.8 Å². The van der Waals surface area contributed by atoms with Crippen molar-refractivity contribution >= 4 is 21.8 Å². The molecule has 0 unspecified atom stereocenters. The second kappa shape index (κ2) is 4.64. The zero-order chi connectivity index (χ0) is 12.6. The van der Waals surface area contributed by atoms with E-state index in [1.54, 1.807) is 13.1 Å². The van der Waals surface area contributed by atoms with Gasteiger partial charge < -0.3 is 10.1 Å². The number of carbonyl (C=O) groups is 1. The molecule has 1 heterocycles. The lowest BCUT2D eigenvalue weighted by molar-refractivity contribution is 0.0955. The molecule has 0 spiro atoms. The van der Waals surface area contributed by atoms with Gasteiger partial charge in [-0.2, -0.15) is 0 Å². The maximum absolute atomic E-state index is 12.8. The molecule has 1 aliphatic heterocycles. The zero-order valence-corrected chi connectivity index (χ0v) is 11.2. The molecular formula is C12H13BrFNO2. The molecule has 5 heteroatoms. The highest BCUT2D eigenvalue weighted by Gasteiger charge is 2.34. The van der Waals surface area contributed by atoms with E-state index in [-0.39, 0.29) is 11.8 Å². The Morgan fingerprint density at radius 3 is 2.88 bits per heavy atom. The first-order chi connectivity index (χ1) is 8.08. The van der Waals surface area contributed by atoms with E-state index in [9.17, 15) is 9.18 Å². The van der Waals surface area contributed by atoms with Crippen LogP contribution in [0.25, 0.3) is 0 Å². The number of rotatable bonds is 2. The van der Waals surface area contributed by atoms with Crippen molar-refractivity contribution in [3.05, 3.63) is 27.7 Å². The molecule has 0 aliphatic carbocycles. The Balaban J connectivity index is 2.52. The number of benzene rings is 1. The molecule has 1 aromatic rings. The van der Waals surface area contributed by atoms with Gasteiger partial charge in [0.1, 0.15) is 18.5 Å². The predicted molar refractivity (Wildman–Crippen MR) is 66.3 cm³/mol. The van der Waals surface area contributed by atoms with Gasteiger partial charge in [-0.3, -0.25) is 4.79 Å². The Morgan fingerprint density at radius 2 is 2.29 bits per heavy atom. The van der Waals surface area contributed by atoms with Crippen LogP contribution in [0.2, 0.25) is 0 Å². The molecule has 0 radical (unpaired) electrons. The molecule has 0 saturated heterocycles. The molecule has 17 heavy (non-hydrogen) atoms. The quantitative estimate of drug-likeness (QED) is 0.912. The summed E-state index contributed by atoms with van der Waals surface area (Å²) in [5, 5.41) is 2.55. The molecule has 0 fully saturated rings. The third kappa shape index (κ3) is 2.04. The number of nitrogens with one attached hydrogen (secondary N) is 1. The topological polar surface area (TPSA) is 38.3 Å². The number of carbonyl (C=O) groups excluding carboxylic acids is 1. The zero-order valence-electron chi connectivity index (χ0n) is 9.59. The van der Waals surface area contributed by atoms with Crippen LogP contribution in [0.15, 0.2) is 16.6 Å².